The minimum atomic E-state index is 0. The monoisotopic (exact) mass is 871 g/mol. The first-order chi connectivity index (χ1) is 24.8. The fraction of sp³-hybridized carbons (Fsp3) is 0.391. The van der Waals surface area contributed by atoms with Gasteiger partial charge in [0.25, 0.3) is 0 Å². The summed E-state index contributed by atoms with van der Waals surface area (Å²) in [5.41, 5.74) is 10.9. The van der Waals surface area contributed by atoms with Gasteiger partial charge in [-0.1, -0.05) is 82.8 Å². The van der Waals surface area contributed by atoms with E-state index < -0.39 is 0 Å². The Hall–Kier alpha value is -3.95. The van der Waals surface area contributed by atoms with E-state index in [-0.39, 0.29) is 21.1 Å². The number of unbranched alkanes of at least 4 members (excludes halogenated alkanes) is 2. The maximum atomic E-state index is 6.73. The summed E-state index contributed by atoms with van der Waals surface area (Å²) in [4.78, 5) is 4.75. The first-order valence-corrected chi connectivity index (χ1v) is 19.2. The maximum Gasteiger partial charge on any atom is 2.00 e. The zero-order chi connectivity index (χ0) is 35.6. The zero-order valence-corrected chi connectivity index (χ0v) is 34.1. The Bertz CT molecular complexity index is 2210. The molecule has 0 spiro atoms. The van der Waals surface area contributed by atoms with Crippen LogP contribution in [0.1, 0.15) is 120 Å². The van der Waals surface area contributed by atoms with Crippen LogP contribution in [0.15, 0.2) is 78.5 Å². The number of nitrogens with zero attached hydrogens (tertiary/aromatic N) is 4. The number of pyridine rings is 1. The molecule has 0 N–H and O–H groups in total. The summed E-state index contributed by atoms with van der Waals surface area (Å²) in [6.45, 7) is 15.9. The maximum absolute atomic E-state index is 6.73. The van der Waals surface area contributed by atoms with Crippen molar-refractivity contribution in [3.8, 4) is 23.0 Å². The molecule has 2 atom stereocenters. The average molecular weight is 872 g/mol. The molecule has 0 amide bonds. The van der Waals surface area contributed by atoms with Crippen molar-refractivity contribution < 1.29 is 25.8 Å². The van der Waals surface area contributed by atoms with Crippen molar-refractivity contribution >= 4 is 21.8 Å². The summed E-state index contributed by atoms with van der Waals surface area (Å²) in [6, 6.07) is 28.5. The molecule has 1 aliphatic rings. The van der Waals surface area contributed by atoms with Gasteiger partial charge in [-0.25, -0.2) is 4.98 Å². The van der Waals surface area contributed by atoms with Gasteiger partial charge >= 0.3 is 21.1 Å². The standard InChI is InChI=1S/C46H52N4O.Pt/c1-8-10-18-40-46(45-32(6)15-14-16-33(45)7)42(19-11-9-2)50(48-40)35-26-34(30(3)4)27-37(28-35)51-36-21-22-39-38-17-12-13-20-41(38)49(43(39)29-36)44-25-31(5)23-24-47-44;/h12-13,15,17,20-27,30,33,45H,8-11,14,16,18-19H2,1-7H3;/q-2;+2/t33-,45?;/m0./s1. The molecule has 7 rings (SSSR count). The van der Waals surface area contributed by atoms with E-state index in [1.165, 1.54) is 46.3 Å². The fourth-order valence-electron chi connectivity index (χ4n) is 8.00. The summed E-state index contributed by atoms with van der Waals surface area (Å²) in [6.07, 6.45) is 13.3. The van der Waals surface area contributed by atoms with Crippen LogP contribution < -0.4 is 4.74 Å². The molecule has 5 nitrogen and oxygen atoms in total. The van der Waals surface area contributed by atoms with Crippen LogP contribution >= 0.6 is 0 Å². The second kappa shape index (κ2) is 16.4. The van der Waals surface area contributed by atoms with E-state index in [0.29, 0.717) is 29.3 Å². The van der Waals surface area contributed by atoms with Crippen molar-refractivity contribution in [2.75, 3.05) is 0 Å². The molecule has 1 aliphatic carbocycles. The van der Waals surface area contributed by atoms with Gasteiger partial charge in [0.1, 0.15) is 5.82 Å². The number of hydrogen-bond donors (Lipinski definition) is 0. The topological polar surface area (TPSA) is 44.9 Å². The van der Waals surface area contributed by atoms with Crippen LogP contribution in [0, 0.1) is 25.0 Å². The van der Waals surface area contributed by atoms with E-state index in [1.54, 1.807) is 0 Å². The minimum Gasteiger partial charge on any atom is -0.509 e. The van der Waals surface area contributed by atoms with Crippen LogP contribution in [0.4, 0.5) is 0 Å². The molecular weight excluding hydrogens is 820 g/mol. The van der Waals surface area contributed by atoms with E-state index in [0.717, 1.165) is 72.0 Å². The van der Waals surface area contributed by atoms with Crippen LogP contribution in [-0.2, 0) is 33.9 Å². The van der Waals surface area contributed by atoms with Crippen LogP contribution in [0.3, 0.4) is 0 Å². The first-order valence-electron chi connectivity index (χ1n) is 19.2. The van der Waals surface area contributed by atoms with Gasteiger partial charge in [-0.05, 0) is 99.0 Å². The molecule has 0 saturated carbocycles. The molecule has 3 aromatic carbocycles. The molecule has 0 aliphatic heterocycles. The second-order valence-electron chi connectivity index (χ2n) is 15.0. The number of aryl methyl sites for hydroxylation is 2. The molecule has 0 fully saturated rings. The Kier molecular flexibility index (Phi) is 11.9. The quantitative estimate of drug-likeness (QED) is 0.0909. The molecule has 3 aromatic heterocycles. The summed E-state index contributed by atoms with van der Waals surface area (Å²) in [5, 5.41) is 7.75. The molecule has 0 saturated heterocycles. The predicted octanol–water partition coefficient (Wildman–Crippen LogP) is 12.3. The minimum absolute atomic E-state index is 0. The largest absolute Gasteiger partial charge is 2.00 e. The SMILES string of the molecule is CCCCc1nn(-c2[c-]c(Oc3[c-]c4c(cc3)c3ccccc3n4-c3cc(C)ccn3)cc(C(C)C)c2)c(CCCC)c1C1C(C)=CCC[C@@H]1C.[Pt+2]. The first kappa shape index (κ1) is 37.8. The van der Waals surface area contributed by atoms with Gasteiger partial charge in [0, 0.05) is 40.4 Å². The molecule has 6 heteroatoms. The van der Waals surface area contributed by atoms with Crippen LogP contribution in [0.25, 0.3) is 33.3 Å². The predicted molar refractivity (Wildman–Crippen MR) is 211 cm³/mol. The van der Waals surface area contributed by atoms with Crippen molar-refractivity contribution in [2.45, 2.75) is 112 Å². The number of aromatic nitrogens is 4. The molecule has 1 unspecified atom stereocenters. The number of fused-ring (bicyclic) bond motifs is 3. The van der Waals surface area contributed by atoms with Crippen molar-refractivity contribution in [1.29, 1.82) is 0 Å². The van der Waals surface area contributed by atoms with E-state index >= 15 is 0 Å². The second-order valence-corrected chi connectivity index (χ2v) is 15.0. The van der Waals surface area contributed by atoms with Crippen LogP contribution in [0.5, 0.6) is 11.5 Å². The number of hydrogen-bond acceptors (Lipinski definition) is 3. The zero-order valence-electron chi connectivity index (χ0n) is 31.8. The Morgan fingerprint density at radius 3 is 2.44 bits per heavy atom. The fourth-order valence-corrected chi connectivity index (χ4v) is 8.00. The Morgan fingerprint density at radius 1 is 0.904 bits per heavy atom. The number of ether oxygens (including phenoxy) is 1. The number of rotatable bonds is 12. The van der Waals surface area contributed by atoms with Gasteiger partial charge in [0.15, 0.2) is 0 Å². The number of para-hydroxylation sites is 1. The molecule has 52 heavy (non-hydrogen) atoms. The third-order valence-corrected chi connectivity index (χ3v) is 10.7. The van der Waals surface area contributed by atoms with Gasteiger partial charge in [0.2, 0.25) is 0 Å². The van der Waals surface area contributed by atoms with E-state index in [4.69, 9.17) is 14.8 Å². The summed E-state index contributed by atoms with van der Waals surface area (Å²) in [5.74, 6) is 3.50. The molecule has 6 aromatic rings. The number of allylic oxidation sites excluding steroid dienone is 2. The van der Waals surface area contributed by atoms with Crippen LogP contribution in [0.2, 0.25) is 0 Å². The van der Waals surface area contributed by atoms with Crippen molar-refractivity contribution in [1.82, 2.24) is 19.3 Å². The summed E-state index contributed by atoms with van der Waals surface area (Å²) >= 11 is 0. The van der Waals surface area contributed by atoms with E-state index in [1.807, 2.05) is 18.3 Å². The molecule has 0 bridgehead atoms. The van der Waals surface area contributed by atoms with Gasteiger partial charge in [-0.3, -0.25) is 4.68 Å². The van der Waals surface area contributed by atoms with Crippen LogP contribution in [-0.4, -0.2) is 19.3 Å². The third-order valence-electron chi connectivity index (χ3n) is 10.7. The Morgan fingerprint density at radius 2 is 1.69 bits per heavy atom. The normalized spacial score (nSPS) is 16.0. The van der Waals surface area contributed by atoms with Gasteiger partial charge in [-0.2, -0.15) is 11.2 Å². The number of benzene rings is 3. The summed E-state index contributed by atoms with van der Waals surface area (Å²) in [7, 11) is 0. The third kappa shape index (κ3) is 7.44. The van der Waals surface area contributed by atoms with Crippen molar-refractivity contribution in [2.24, 2.45) is 5.92 Å². The molecule has 272 valence electrons. The smallest absolute Gasteiger partial charge is 0.509 e. The Balaban J connectivity index is 0.00000464. The van der Waals surface area contributed by atoms with Gasteiger partial charge in [0.05, 0.1) is 5.69 Å². The van der Waals surface area contributed by atoms with Crippen molar-refractivity contribution in [3.05, 3.63) is 119 Å². The molecular formula is C46H52N4OPt. The van der Waals surface area contributed by atoms with Gasteiger partial charge < -0.3 is 9.30 Å². The van der Waals surface area contributed by atoms with Crippen molar-refractivity contribution in [3.63, 3.8) is 0 Å². The van der Waals surface area contributed by atoms with Gasteiger partial charge in [-0.15, -0.1) is 41.3 Å². The molecule has 3 heterocycles. The van der Waals surface area contributed by atoms with E-state index in [2.05, 4.69) is 124 Å². The average Bonchev–Trinajstić information content (AvgIpc) is 3.64. The molecule has 0 radical (unpaired) electrons. The van der Waals surface area contributed by atoms with E-state index in [9.17, 15) is 0 Å². The Labute approximate surface area is 324 Å². The summed E-state index contributed by atoms with van der Waals surface area (Å²) < 4.78 is 11.2.